The SMILES string of the molecule is O=NCc1cc(C(CNCC(COc2cccc(OCC(CNCC(N=O)c3ccc(N=O)c(CN=O)c3)N=O)c2)N=O)N=O)ccc1N=O. The summed E-state index contributed by atoms with van der Waals surface area (Å²) in [6.45, 7) is -0.701. The lowest BCUT2D eigenvalue weighted by atomic mass is 10.0. The molecular weight excluding hydrogens is 660 g/mol. The van der Waals surface area contributed by atoms with E-state index >= 15 is 0 Å². The van der Waals surface area contributed by atoms with E-state index in [2.05, 4.69) is 52.0 Å². The first-order valence-corrected chi connectivity index (χ1v) is 15.0. The monoisotopic (exact) mass is 692 g/mol. The van der Waals surface area contributed by atoms with E-state index in [1.165, 1.54) is 42.5 Å². The zero-order valence-corrected chi connectivity index (χ0v) is 26.4. The van der Waals surface area contributed by atoms with E-state index in [1.807, 2.05) is 0 Å². The summed E-state index contributed by atoms with van der Waals surface area (Å²) in [5.41, 5.74) is 1.43. The van der Waals surface area contributed by atoms with E-state index < -0.39 is 24.2 Å². The molecule has 0 aromatic heterocycles. The van der Waals surface area contributed by atoms with Gasteiger partial charge in [-0.3, -0.25) is 0 Å². The Morgan fingerprint density at radius 2 is 0.960 bits per heavy atom. The molecular formula is C30H32N10O10. The van der Waals surface area contributed by atoms with Crippen LogP contribution in [0.5, 0.6) is 11.5 Å². The second kappa shape index (κ2) is 21.1. The molecule has 2 N–H and O–H groups in total. The third-order valence-corrected chi connectivity index (χ3v) is 7.32. The fourth-order valence-electron chi connectivity index (χ4n) is 4.69. The number of hydrogen-bond donors (Lipinski definition) is 2. The Morgan fingerprint density at radius 3 is 1.32 bits per heavy atom. The number of nitrogens with zero attached hydrogens (tertiary/aromatic N) is 8. The summed E-state index contributed by atoms with van der Waals surface area (Å²) in [6, 6.07) is 11.5. The van der Waals surface area contributed by atoms with Gasteiger partial charge in [0.1, 0.15) is 73.3 Å². The predicted molar refractivity (Wildman–Crippen MR) is 182 cm³/mol. The van der Waals surface area contributed by atoms with Crippen LogP contribution in [0.15, 0.2) is 102 Å². The molecule has 0 fully saturated rings. The summed E-state index contributed by atoms with van der Waals surface area (Å²) in [6.07, 6.45) is 0. The molecule has 0 saturated heterocycles. The highest BCUT2D eigenvalue weighted by molar-refractivity contribution is 5.49. The zero-order chi connectivity index (χ0) is 36.1. The van der Waals surface area contributed by atoms with Crippen molar-refractivity contribution in [1.82, 2.24) is 10.6 Å². The van der Waals surface area contributed by atoms with Gasteiger partial charge in [0.2, 0.25) is 0 Å². The molecule has 50 heavy (non-hydrogen) atoms. The summed E-state index contributed by atoms with van der Waals surface area (Å²) in [4.78, 5) is 89.0. The minimum atomic E-state index is -0.897. The summed E-state index contributed by atoms with van der Waals surface area (Å²) < 4.78 is 11.4. The van der Waals surface area contributed by atoms with Crippen molar-refractivity contribution in [2.24, 2.45) is 41.4 Å². The Bertz CT molecular complexity index is 1530. The van der Waals surface area contributed by atoms with Crippen LogP contribution in [-0.4, -0.2) is 51.5 Å². The van der Waals surface area contributed by atoms with Crippen molar-refractivity contribution in [1.29, 1.82) is 0 Å². The first-order valence-electron chi connectivity index (χ1n) is 15.0. The lowest BCUT2D eigenvalue weighted by molar-refractivity contribution is 0.270. The van der Waals surface area contributed by atoms with Crippen LogP contribution >= 0.6 is 0 Å². The van der Waals surface area contributed by atoms with Gasteiger partial charge in [0.25, 0.3) is 0 Å². The van der Waals surface area contributed by atoms with Crippen LogP contribution < -0.4 is 20.1 Å². The van der Waals surface area contributed by atoms with Gasteiger partial charge in [-0.15, -0.1) is 9.81 Å². The highest BCUT2D eigenvalue weighted by Crippen LogP contribution is 2.27. The van der Waals surface area contributed by atoms with E-state index in [0.717, 1.165) is 0 Å². The molecule has 20 heteroatoms. The molecule has 0 bridgehead atoms. The molecule has 3 rings (SSSR count). The lowest BCUT2D eigenvalue weighted by Gasteiger charge is -2.16. The van der Waals surface area contributed by atoms with Crippen molar-refractivity contribution in [3.05, 3.63) is 122 Å². The van der Waals surface area contributed by atoms with Gasteiger partial charge in [-0.1, -0.05) is 49.3 Å². The summed E-state index contributed by atoms with van der Waals surface area (Å²) >= 11 is 0. The smallest absolute Gasteiger partial charge is 0.138 e. The predicted octanol–water partition coefficient (Wildman–Crippen LogP) is 6.24. The van der Waals surface area contributed by atoms with Gasteiger partial charge in [-0.05, 0) is 57.9 Å². The minimum absolute atomic E-state index is 0.0278. The molecule has 0 aliphatic carbocycles. The van der Waals surface area contributed by atoms with Crippen molar-refractivity contribution < 1.29 is 9.47 Å². The standard InChI is InChI=1S/C30H32N10O10/c41-33-11-21-8-19(4-6-27(21)37-45)29(39-47)15-31-13-23(35-43)17-49-25-2-1-3-26(10-25)50-18-24(36-44)14-32-16-30(40-48)20-5-7-28(38-46)22(9-20)12-34-42/h1-10,23-24,29-32H,11-18H2. The van der Waals surface area contributed by atoms with Crippen LogP contribution in [0.3, 0.4) is 0 Å². The van der Waals surface area contributed by atoms with Crippen LogP contribution in [0.4, 0.5) is 11.4 Å². The largest absolute Gasteiger partial charge is 0.491 e. The molecule has 20 nitrogen and oxygen atoms in total. The molecule has 0 heterocycles. The topological polar surface area (TPSA) is 278 Å². The maximum atomic E-state index is 11.5. The average Bonchev–Trinajstić information content (AvgIpc) is 3.15. The highest BCUT2D eigenvalue weighted by Gasteiger charge is 2.19. The number of nitrogens with one attached hydrogen (secondary N) is 2. The van der Waals surface area contributed by atoms with E-state index in [0.29, 0.717) is 22.6 Å². The van der Waals surface area contributed by atoms with Gasteiger partial charge in [0.05, 0.1) is 0 Å². The van der Waals surface area contributed by atoms with Gasteiger partial charge in [0.15, 0.2) is 0 Å². The number of ether oxygens (including phenoxy) is 2. The van der Waals surface area contributed by atoms with E-state index in [9.17, 15) is 39.3 Å². The van der Waals surface area contributed by atoms with Gasteiger partial charge in [-0.2, -0.15) is 29.4 Å². The molecule has 4 atom stereocenters. The Hall–Kier alpha value is -6.02. The Kier molecular flexibility index (Phi) is 16.2. The van der Waals surface area contributed by atoms with E-state index in [-0.39, 0.29) is 75.0 Å². The minimum Gasteiger partial charge on any atom is -0.491 e. The molecule has 0 aliphatic rings. The van der Waals surface area contributed by atoms with Crippen molar-refractivity contribution in [3.8, 4) is 11.5 Å². The van der Waals surface area contributed by atoms with Gasteiger partial charge in [0, 0.05) is 43.4 Å². The van der Waals surface area contributed by atoms with Crippen molar-refractivity contribution >= 4 is 11.4 Å². The van der Waals surface area contributed by atoms with Gasteiger partial charge in [-0.25, -0.2) is 0 Å². The molecule has 262 valence electrons. The van der Waals surface area contributed by atoms with Crippen LogP contribution in [-0.2, 0) is 13.1 Å². The molecule has 3 aromatic carbocycles. The Morgan fingerprint density at radius 1 is 0.520 bits per heavy atom. The first-order chi connectivity index (χ1) is 24.4. The number of hydrogen-bond acceptors (Lipinski definition) is 20. The molecule has 0 spiro atoms. The van der Waals surface area contributed by atoms with Crippen molar-refractivity contribution in [2.75, 3.05) is 39.4 Å². The molecule has 0 amide bonds. The summed E-state index contributed by atoms with van der Waals surface area (Å²) in [7, 11) is 0. The van der Waals surface area contributed by atoms with Crippen LogP contribution in [0.1, 0.15) is 34.3 Å². The summed E-state index contributed by atoms with van der Waals surface area (Å²) in [5.74, 6) is 0.690. The first kappa shape index (κ1) is 38.4. The number of benzene rings is 3. The number of nitroso groups, excluding NO2 is 8. The van der Waals surface area contributed by atoms with E-state index in [4.69, 9.17) is 9.47 Å². The van der Waals surface area contributed by atoms with Crippen LogP contribution in [0.25, 0.3) is 0 Å². The van der Waals surface area contributed by atoms with Crippen molar-refractivity contribution in [3.63, 3.8) is 0 Å². The molecule has 3 aromatic rings. The third-order valence-electron chi connectivity index (χ3n) is 7.32. The Labute approximate surface area is 283 Å². The molecule has 0 saturated carbocycles. The average molecular weight is 693 g/mol. The fraction of sp³-hybridized carbons (Fsp3) is 0.400. The van der Waals surface area contributed by atoms with Gasteiger partial charge >= 0.3 is 0 Å². The third kappa shape index (κ3) is 11.6. The second-order valence-electron chi connectivity index (χ2n) is 10.7. The zero-order valence-electron chi connectivity index (χ0n) is 26.4. The lowest BCUT2D eigenvalue weighted by Crippen LogP contribution is -2.32. The normalized spacial score (nSPS) is 13.1. The van der Waals surface area contributed by atoms with Gasteiger partial charge < -0.3 is 20.1 Å². The van der Waals surface area contributed by atoms with Crippen molar-refractivity contribution in [2.45, 2.75) is 37.3 Å². The van der Waals surface area contributed by atoms with Crippen LogP contribution in [0.2, 0.25) is 0 Å². The Balaban J connectivity index is 1.46. The van der Waals surface area contributed by atoms with E-state index in [1.54, 1.807) is 18.2 Å². The molecule has 4 unspecified atom stereocenters. The van der Waals surface area contributed by atoms with Crippen LogP contribution in [0, 0.1) is 39.3 Å². The second-order valence-corrected chi connectivity index (χ2v) is 10.7. The summed E-state index contributed by atoms with van der Waals surface area (Å²) in [5, 5.41) is 29.3. The molecule has 0 radical (unpaired) electrons. The maximum absolute atomic E-state index is 11.5. The molecule has 0 aliphatic heterocycles. The quantitative estimate of drug-likeness (QED) is 0.0884. The highest BCUT2D eigenvalue weighted by atomic mass is 16.5. The fourth-order valence-corrected chi connectivity index (χ4v) is 4.69. The maximum Gasteiger partial charge on any atom is 0.138 e. The number of rotatable bonds is 26.